The van der Waals surface area contributed by atoms with Crippen molar-refractivity contribution in [2.75, 3.05) is 12.4 Å². The fourth-order valence-electron chi connectivity index (χ4n) is 2.67. The van der Waals surface area contributed by atoms with Crippen molar-refractivity contribution in [2.45, 2.75) is 19.6 Å². The molecular formula is C21H18F3N3O2S. The smallest absolute Gasteiger partial charge is 0.342 e. The van der Waals surface area contributed by atoms with Gasteiger partial charge in [0.2, 0.25) is 5.91 Å². The number of carbonyl (C=O) groups excluding carboxylic acids is 2. The van der Waals surface area contributed by atoms with Gasteiger partial charge in [-0.2, -0.15) is 13.2 Å². The monoisotopic (exact) mass is 433 g/mol. The minimum absolute atomic E-state index is 0.0750. The molecule has 0 atom stereocenters. The molecule has 0 aliphatic carbocycles. The quantitative estimate of drug-likeness (QED) is 0.612. The summed E-state index contributed by atoms with van der Waals surface area (Å²) in [6, 6.07) is 11.9. The third-order valence-corrected chi connectivity index (χ3v) is 5.21. The lowest BCUT2D eigenvalue weighted by molar-refractivity contribution is -0.137. The van der Waals surface area contributed by atoms with Crippen LogP contribution < -0.4 is 5.32 Å². The van der Waals surface area contributed by atoms with Crippen molar-refractivity contribution in [3.8, 4) is 10.6 Å². The third kappa shape index (κ3) is 5.24. The van der Waals surface area contributed by atoms with Crippen molar-refractivity contribution in [3.05, 3.63) is 70.7 Å². The van der Waals surface area contributed by atoms with Crippen LogP contribution in [0.4, 0.5) is 18.9 Å². The molecular weight excluding hydrogens is 415 g/mol. The van der Waals surface area contributed by atoms with Crippen LogP contribution in [0.1, 0.15) is 28.5 Å². The Morgan fingerprint density at radius 2 is 1.87 bits per heavy atom. The molecule has 30 heavy (non-hydrogen) atoms. The van der Waals surface area contributed by atoms with Crippen LogP contribution in [0.5, 0.6) is 0 Å². The summed E-state index contributed by atoms with van der Waals surface area (Å²) in [5.74, 6) is -0.546. The van der Waals surface area contributed by atoms with E-state index in [1.807, 2.05) is 6.07 Å². The van der Waals surface area contributed by atoms with E-state index in [-0.39, 0.29) is 11.6 Å². The van der Waals surface area contributed by atoms with Gasteiger partial charge in [0.1, 0.15) is 10.7 Å². The molecule has 9 heteroatoms. The highest BCUT2D eigenvalue weighted by molar-refractivity contribution is 7.13. The summed E-state index contributed by atoms with van der Waals surface area (Å²) in [5, 5.41) is 4.54. The molecule has 0 radical (unpaired) electrons. The van der Waals surface area contributed by atoms with Gasteiger partial charge in [-0.3, -0.25) is 9.59 Å². The van der Waals surface area contributed by atoms with Crippen molar-refractivity contribution in [1.82, 2.24) is 9.88 Å². The number of alkyl halides is 3. The Kier molecular flexibility index (Phi) is 6.21. The Hall–Kier alpha value is -3.20. The molecule has 156 valence electrons. The number of carbonyl (C=O) groups is 2. The fraction of sp³-hybridized carbons (Fsp3) is 0.190. The fourth-order valence-corrected chi connectivity index (χ4v) is 3.46. The van der Waals surface area contributed by atoms with Crippen LogP contribution in [0.3, 0.4) is 0 Å². The van der Waals surface area contributed by atoms with E-state index in [0.717, 1.165) is 29.0 Å². The Labute approximate surface area is 175 Å². The predicted molar refractivity (Wildman–Crippen MR) is 109 cm³/mol. The first-order valence-corrected chi connectivity index (χ1v) is 9.76. The van der Waals surface area contributed by atoms with Crippen LogP contribution in [-0.4, -0.2) is 28.7 Å². The van der Waals surface area contributed by atoms with Crippen molar-refractivity contribution >= 4 is 28.8 Å². The number of halogens is 3. The second kappa shape index (κ2) is 8.66. The van der Waals surface area contributed by atoms with E-state index in [9.17, 15) is 22.8 Å². The van der Waals surface area contributed by atoms with Crippen LogP contribution in [0, 0.1) is 0 Å². The van der Waals surface area contributed by atoms with Crippen molar-refractivity contribution in [3.63, 3.8) is 0 Å². The highest BCUT2D eigenvalue weighted by Gasteiger charge is 2.30. The van der Waals surface area contributed by atoms with Crippen molar-refractivity contribution < 1.29 is 22.8 Å². The first-order chi connectivity index (χ1) is 14.1. The number of anilines is 1. The number of thiazole rings is 1. The zero-order chi connectivity index (χ0) is 21.9. The van der Waals surface area contributed by atoms with E-state index in [0.29, 0.717) is 22.8 Å². The lowest BCUT2D eigenvalue weighted by Crippen LogP contribution is -2.23. The molecule has 0 aliphatic heterocycles. The second-order valence-corrected chi connectivity index (χ2v) is 7.50. The molecule has 0 aliphatic rings. The first kappa shape index (κ1) is 21.5. The Morgan fingerprint density at radius 1 is 1.13 bits per heavy atom. The number of benzene rings is 2. The molecule has 2 amide bonds. The molecule has 5 nitrogen and oxygen atoms in total. The van der Waals surface area contributed by atoms with Gasteiger partial charge < -0.3 is 10.2 Å². The summed E-state index contributed by atoms with van der Waals surface area (Å²) >= 11 is 1.09. The summed E-state index contributed by atoms with van der Waals surface area (Å²) in [6.45, 7) is 1.87. The summed E-state index contributed by atoms with van der Waals surface area (Å²) in [4.78, 5) is 29.6. The number of nitrogens with zero attached hydrogens (tertiary/aromatic N) is 2. The normalized spacial score (nSPS) is 11.2. The molecule has 0 saturated heterocycles. The van der Waals surface area contributed by atoms with Gasteiger partial charge in [0.25, 0.3) is 5.91 Å². The second-order valence-electron chi connectivity index (χ2n) is 6.65. The molecule has 1 N–H and O–H groups in total. The summed E-state index contributed by atoms with van der Waals surface area (Å²) in [7, 11) is 1.68. The number of hydrogen-bond donors (Lipinski definition) is 1. The molecule has 0 fully saturated rings. The van der Waals surface area contributed by atoms with Crippen LogP contribution in [0.15, 0.2) is 53.9 Å². The molecule has 0 unspecified atom stereocenters. The van der Waals surface area contributed by atoms with Gasteiger partial charge in [-0.1, -0.05) is 24.3 Å². The maximum absolute atomic E-state index is 12.9. The van der Waals surface area contributed by atoms with Gasteiger partial charge in [-0.15, -0.1) is 11.3 Å². The average molecular weight is 433 g/mol. The molecule has 0 bridgehead atoms. The first-order valence-electron chi connectivity index (χ1n) is 8.88. The Balaban J connectivity index is 1.74. The summed E-state index contributed by atoms with van der Waals surface area (Å²) in [5.41, 5.74) is 1.01. The van der Waals surface area contributed by atoms with Gasteiger partial charge in [-0.05, 0) is 29.8 Å². The van der Waals surface area contributed by atoms with Gasteiger partial charge in [0.05, 0.1) is 5.56 Å². The maximum atomic E-state index is 12.9. The molecule has 3 aromatic rings. The van der Waals surface area contributed by atoms with Gasteiger partial charge >= 0.3 is 6.18 Å². The van der Waals surface area contributed by atoms with Crippen LogP contribution >= 0.6 is 11.3 Å². The number of hydrogen-bond acceptors (Lipinski definition) is 4. The van der Waals surface area contributed by atoms with Crippen LogP contribution in [-0.2, 0) is 17.5 Å². The number of nitrogens with one attached hydrogen (secondary N) is 1. The SMILES string of the molecule is CC(=O)N(C)Cc1cccc(NC(=O)c2csc(-c3cccc(C(F)(F)F)c3)n2)c1. The van der Waals surface area contributed by atoms with Crippen molar-refractivity contribution in [2.24, 2.45) is 0 Å². The molecule has 1 aromatic heterocycles. The van der Waals surface area contributed by atoms with Crippen molar-refractivity contribution in [1.29, 1.82) is 0 Å². The van der Waals surface area contributed by atoms with E-state index in [1.165, 1.54) is 24.4 Å². The molecule has 1 heterocycles. The summed E-state index contributed by atoms with van der Waals surface area (Å²) in [6.07, 6.45) is -4.45. The standard InChI is InChI=1S/C21H18F3N3O2S/c1-13(28)27(2)11-14-5-3-8-17(9-14)25-19(29)18-12-30-20(26-18)15-6-4-7-16(10-15)21(22,23)24/h3-10,12H,11H2,1-2H3,(H,25,29). The zero-order valence-electron chi connectivity index (χ0n) is 16.2. The highest BCUT2D eigenvalue weighted by atomic mass is 32.1. The Bertz CT molecular complexity index is 1080. The van der Waals surface area contributed by atoms with E-state index >= 15 is 0 Å². The predicted octanol–water partition coefficient (Wildman–Crippen LogP) is 5.06. The number of amides is 2. The lowest BCUT2D eigenvalue weighted by Gasteiger charge is -2.15. The third-order valence-electron chi connectivity index (χ3n) is 4.32. The summed E-state index contributed by atoms with van der Waals surface area (Å²) < 4.78 is 38.7. The number of aromatic nitrogens is 1. The topological polar surface area (TPSA) is 62.3 Å². The van der Waals surface area contributed by atoms with E-state index in [1.54, 1.807) is 30.1 Å². The van der Waals surface area contributed by atoms with Crippen LogP contribution in [0.25, 0.3) is 10.6 Å². The molecule has 3 rings (SSSR count). The zero-order valence-corrected chi connectivity index (χ0v) is 17.0. The van der Waals surface area contributed by atoms with E-state index < -0.39 is 17.6 Å². The largest absolute Gasteiger partial charge is 0.416 e. The minimum Gasteiger partial charge on any atom is -0.342 e. The van der Waals surface area contributed by atoms with E-state index in [4.69, 9.17) is 0 Å². The highest BCUT2D eigenvalue weighted by Crippen LogP contribution is 2.33. The minimum atomic E-state index is -4.45. The molecule has 0 spiro atoms. The molecule has 0 saturated carbocycles. The van der Waals surface area contributed by atoms with Gasteiger partial charge in [-0.25, -0.2) is 4.98 Å². The average Bonchev–Trinajstić information content (AvgIpc) is 3.18. The lowest BCUT2D eigenvalue weighted by atomic mass is 10.1. The van der Waals surface area contributed by atoms with E-state index in [2.05, 4.69) is 10.3 Å². The Morgan fingerprint density at radius 3 is 2.57 bits per heavy atom. The molecule has 2 aromatic carbocycles. The van der Waals surface area contributed by atoms with Gasteiger partial charge in [0.15, 0.2) is 0 Å². The number of rotatable bonds is 5. The maximum Gasteiger partial charge on any atom is 0.416 e. The van der Waals surface area contributed by atoms with Gasteiger partial charge in [0, 0.05) is 37.1 Å². The van der Waals surface area contributed by atoms with Crippen LogP contribution in [0.2, 0.25) is 0 Å².